The van der Waals surface area contributed by atoms with Crippen LogP contribution < -0.4 is 10.1 Å². The van der Waals surface area contributed by atoms with Gasteiger partial charge in [-0.2, -0.15) is 0 Å². The molecule has 2 heteroatoms. The molecule has 0 heterocycles. The minimum absolute atomic E-state index is 0.472. The summed E-state index contributed by atoms with van der Waals surface area (Å²) in [6.07, 6.45) is 6.98. The van der Waals surface area contributed by atoms with Gasteiger partial charge in [0.15, 0.2) is 0 Å². The van der Waals surface area contributed by atoms with Crippen molar-refractivity contribution in [1.82, 2.24) is 5.32 Å². The molecule has 2 saturated carbocycles. The molecule has 0 spiro atoms. The van der Waals surface area contributed by atoms with Crippen LogP contribution >= 0.6 is 0 Å². The first-order chi connectivity index (χ1) is 10.1. The van der Waals surface area contributed by atoms with Gasteiger partial charge in [-0.05, 0) is 60.6 Å². The Morgan fingerprint density at radius 2 is 2.19 bits per heavy atom. The average Bonchev–Trinajstić information content (AvgIpc) is 3.06. The zero-order valence-electron chi connectivity index (χ0n) is 13.7. The normalized spacial score (nSPS) is 31.0. The second-order valence-corrected chi connectivity index (χ2v) is 7.51. The molecular weight excluding hydrogens is 258 g/mol. The number of hydrogen-bond acceptors (Lipinski definition) is 2. The molecular formula is C19H29NO. The number of fused-ring (bicyclic) bond motifs is 2. The lowest BCUT2D eigenvalue weighted by Gasteiger charge is -2.39. The largest absolute Gasteiger partial charge is 0.497 e. The van der Waals surface area contributed by atoms with Crippen LogP contribution in [0.4, 0.5) is 0 Å². The second kappa shape index (κ2) is 6.00. The SMILES string of the molecule is COc1cccc(CC2(CNC(C)C)CC3CCC2C3)c1. The third-order valence-corrected chi connectivity index (χ3v) is 5.66. The second-order valence-electron chi connectivity index (χ2n) is 7.51. The number of nitrogens with one attached hydrogen (secondary N) is 1. The van der Waals surface area contributed by atoms with E-state index in [4.69, 9.17) is 4.74 Å². The van der Waals surface area contributed by atoms with Gasteiger partial charge in [0.1, 0.15) is 5.75 Å². The molecule has 2 aliphatic carbocycles. The molecule has 0 saturated heterocycles. The van der Waals surface area contributed by atoms with Gasteiger partial charge < -0.3 is 10.1 Å². The number of ether oxygens (including phenoxy) is 1. The molecule has 2 bridgehead atoms. The molecule has 0 radical (unpaired) electrons. The number of methoxy groups -OCH3 is 1. The smallest absolute Gasteiger partial charge is 0.119 e. The average molecular weight is 287 g/mol. The van der Waals surface area contributed by atoms with E-state index in [0.29, 0.717) is 11.5 Å². The van der Waals surface area contributed by atoms with Crippen LogP contribution in [0.2, 0.25) is 0 Å². The first kappa shape index (κ1) is 14.9. The van der Waals surface area contributed by atoms with Crippen LogP contribution in [0.5, 0.6) is 5.75 Å². The van der Waals surface area contributed by atoms with Crippen LogP contribution in [0.15, 0.2) is 24.3 Å². The molecule has 2 aliphatic rings. The Bertz CT molecular complexity index is 484. The van der Waals surface area contributed by atoms with E-state index in [1.807, 2.05) is 6.07 Å². The summed E-state index contributed by atoms with van der Waals surface area (Å²) in [7, 11) is 1.76. The van der Waals surface area contributed by atoms with Gasteiger partial charge in [-0.15, -0.1) is 0 Å². The molecule has 2 fully saturated rings. The third-order valence-electron chi connectivity index (χ3n) is 5.66. The molecule has 2 nitrogen and oxygen atoms in total. The Labute approximate surface area is 129 Å². The van der Waals surface area contributed by atoms with Crippen molar-refractivity contribution in [3.63, 3.8) is 0 Å². The summed E-state index contributed by atoms with van der Waals surface area (Å²) in [6.45, 7) is 5.68. The fraction of sp³-hybridized carbons (Fsp3) is 0.684. The highest BCUT2D eigenvalue weighted by atomic mass is 16.5. The van der Waals surface area contributed by atoms with Crippen LogP contribution in [0.25, 0.3) is 0 Å². The quantitative estimate of drug-likeness (QED) is 0.852. The minimum Gasteiger partial charge on any atom is -0.497 e. The van der Waals surface area contributed by atoms with Crippen LogP contribution in [0, 0.1) is 17.3 Å². The summed E-state index contributed by atoms with van der Waals surface area (Å²) in [4.78, 5) is 0. The van der Waals surface area contributed by atoms with Gasteiger partial charge in [-0.25, -0.2) is 0 Å². The summed E-state index contributed by atoms with van der Waals surface area (Å²) < 4.78 is 5.40. The van der Waals surface area contributed by atoms with Gasteiger partial charge in [0, 0.05) is 12.6 Å². The first-order valence-electron chi connectivity index (χ1n) is 8.47. The van der Waals surface area contributed by atoms with Gasteiger partial charge in [-0.3, -0.25) is 0 Å². The Morgan fingerprint density at radius 1 is 1.33 bits per heavy atom. The van der Waals surface area contributed by atoms with Crippen LogP contribution in [0.1, 0.15) is 45.1 Å². The van der Waals surface area contributed by atoms with E-state index in [1.54, 1.807) is 7.11 Å². The summed E-state index contributed by atoms with van der Waals surface area (Å²) >= 11 is 0. The van der Waals surface area contributed by atoms with Crippen molar-refractivity contribution in [3.8, 4) is 5.75 Å². The van der Waals surface area contributed by atoms with Crippen molar-refractivity contribution in [1.29, 1.82) is 0 Å². The lowest BCUT2D eigenvalue weighted by molar-refractivity contribution is 0.152. The maximum absolute atomic E-state index is 5.40. The molecule has 1 aromatic rings. The Morgan fingerprint density at radius 3 is 2.81 bits per heavy atom. The van der Waals surface area contributed by atoms with Crippen molar-refractivity contribution in [3.05, 3.63) is 29.8 Å². The molecule has 3 atom stereocenters. The fourth-order valence-electron chi connectivity index (χ4n) is 4.65. The lowest BCUT2D eigenvalue weighted by atomic mass is 9.69. The number of benzene rings is 1. The van der Waals surface area contributed by atoms with Crippen molar-refractivity contribution in [2.24, 2.45) is 17.3 Å². The van der Waals surface area contributed by atoms with Crippen LogP contribution in [-0.4, -0.2) is 19.7 Å². The minimum atomic E-state index is 0.472. The van der Waals surface area contributed by atoms with E-state index < -0.39 is 0 Å². The lowest BCUT2D eigenvalue weighted by Crippen LogP contribution is -2.42. The standard InChI is InChI=1S/C19H29NO/c1-14(2)20-13-19(12-16-7-8-17(19)9-16)11-15-5-4-6-18(10-15)21-3/h4-6,10,14,16-17,20H,7-9,11-13H2,1-3H3. The molecule has 3 rings (SSSR count). The van der Waals surface area contributed by atoms with Crippen LogP contribution in [0.3, 0.4) is 0 Å². The van der Waals surface area contributed by atoms with Gasteiger partial charge in [0.2, 0.25) is 0 Å². The molecule has 0 aliphatic heterocycles. The predicted octanol–water partition coefficient (Wildman–Crippen LogP) is 4.04. The zero-order chi connectivity index (χ0) is 14.9. The van der Waals surface area contributed by atoms with Gasteiger partial charge in [0.25, 0.3) is 0 Å². The first-order valence-corrected chi connectivity index (χ1v) is 8.47. The van der Waals surface area contributed by atoms with E-state index in [9.17, 15) is 0 Å². The van der Waals surface area contributed by atoms with E-state index in [1.165, 1.54) is 44.2 Å². The Balaban J connectivity index is 1.79. The monoisotopic (exact) mass is 287 g/mol. The van der Waals surface area contributed by atoms with E-state index in [0.717, 1.165) is 17.6 Å². The molecule has 3 unspecified atom stereocenters. The molecule has 21 heavy (non-hydrogen) atoms. The highest BCUT2D eigenvalue weighted by molar-refractivity contribution is 5.30. The molecule has 0 aromatic heterocycles. The zero-order valence-corrected chi connectivity index (χ0v) is 13.7. The van der Waals surface area contributed by atoms with Crippen molar-refractivity contribution in [2.75, 3.05) is 13.7 Å². The molecule has 1 N–H and O–H groups in total. The molecule has 1 aromatic carbocycles. The highest BCUT2D eigenvalue weighted by Gasteiger charge is 2.50. The van der Waals surface area contributed by atoms with E-state index in [2.05, 4.69) is 37.4 Å². The fourth-order valence-corrected chi connectivity index (χ4v) is 4.65. The third kappa shape index (κ3) is 3.11. The molecule has 0 amide bonds. The van der Waals surface area contributed by atoms with E-state index >= 15 is 0 Å². The Hall–Kier alpha value is -1.02. The highest BCUT2D eigenvalue weighted by Crippen LogP contribution is 2.57. The molecule has 116 valence electrons. The van der Waals surface area contributed by atoms with Gasteiger partial charge in [-0.1, -0.05) is 32.4 Å². The van der Waals surface area contributed by atoms with E-state index in [-0.39, 0.29) is 0 Å². The number of hydrogen-bond donors (Lipinski definition) is 1. The van der Waals surface area contributed by atoms with Gasteiger partial charge in [0.05, 0.1) is 7.11 Å². The summed E-state index contributed by atoms with van der Waals surface area (Å²) in [5.41, 5.74) is 1.91. The van der Waals surface area contributed by atoms with Crippen molar-refractivity contribution >= 4 is 0 Å². The topological polar surface area (TPSA) is 21.3 Å². The predicted molar refractivity (Wildman–Crippen MR) is 87.7 cm³/mol. The summed E-state index contributed by atoms with van der Waals surface area (Å²) in [5.74, 6) is 2.89. The summed E-state index contributed by atoms with van der Waals surface area (Å²) in [6, 6.07) is 9.24. The van der Waals surface area contributed by atoms with Crippen molar-refractivity contribution < 1.29 is 4.74 Å². The van der Waals surface area contributed by atoms with Crippen molar-refractivity contribution in [2.45, 2.75) is 52.0 Å². The Kier molecular flexibility index (Phi) is 4.26. The summed E-state index contributed by atoms with van der Waals surface area (Å²) in [5, 5.41) is 3.73. The van der Waals surface area contributed by atoms with Gasteiger partial charge >= 0.3 is 0 Å². The maximum Gasteiger partial charge on any atom is 0.119 e. The maximum atomic E-state index is 5.40. The number of rotatable bonds is 6. The van der Waals surface area contributed by atoms with Crippen LogP contribution in [-0.2, 0) is 6.42 Å².